The fraction of sp³-hybridized carbons (Fsp3) is 0.750. The first-order valence-corrected chi connectivity index (χ1v) is 16.4. The van der Waals surface area contributed by atoms with Gasteiger partial charge in [-0.2, -0.15) is 0 Å². The normalized spacial score (nSPS) is 21.3. The molecule has 6 atom stereocenters. The van der Waals surface area contributed by atoms with E-state index in [1.165, 1.54) is 13.5 Å². The van der Waals surface area contributed by atoms with Gasteiger partial charge in [-0.05, 0) is 69.7 Å². The number of methoxy groups -OCH3 is 1. The zero-order valence-corrected chi connectivity index (χ0v) is 26.9. The van der Waals surface area contributed by atoms with Gasteiger partial charge in [0, 0.05) is 36.6 Å². The second kappa shape index (κ2) is 18.6. The maximum absolute atomic E-state index is 13.7. The molecule has 0 bridgehead atoms. The molecule has 1 saturated heterocycles. The molecule has 1 aliphatic carbocycles. The number of halogens is 1. The van der Waals surface area contributed by atoms with Crippen molar-refractivity contribution < 1.29 is 29.3 Å². The van der Waals surface area contributed by atoms with E-state index in [2.05, 4.69) is 20.7 Å². The highest BCUT2D eigenvalue weighted by molar-refractivity contribution is 6.30. The number of aliphatic hydroxyl groups is 2. The Morgan fingerprint density at radius 3 is 2.58 bits per heavy atom. The zero-order valence-electron chi connectivity index (χ0n) is 26.1. The third-order valence-corrected chi connectivity index (χ3v) is 9.26. The second-order valence-electron chi connectivity index (χ2n) is 12.2. The van der Waals surface area contributed by atoms with Crippen LogP contribution in [0.1, 0.15) is 82.8 Å². The lowest BCUT2D eigenvalue weighted by Gasteiger charge is -2.39. The minimum atomic E-state index is -1.04. The quantitative estimate of drug-likeness (QED) is 0.180. The highest BCUT2D eigenvalue weighted by atomic mass is 35.5. The Bertz CT molecular complexity index is 981. The highest BCUT2D eigenvalue weighted by Crippen LogP contribution is 2.34. The Balaban J connectivity index is 1.69. The number of rotatable bonds is 15. The van der Waals surface area contributed by atoms with Crippen molar-refractivity contribution in [3.8, 4) is 0 Å². The van der Waals surface area contributed by atoms with E-state index in [4.69, 9.17) is 16.3 Å². The van der Waals surface area contributed by atoms with Crippen LogP contribution >= 0.6 is 11.6 Å². The van der Waals surface area contributed by atoms with E-state index in [0.29, 0.717) is 36.9 Å². The van der Waals surface area contributed by atoms with Crippen LogP contribution in [0.4, 0.5) is 9.59 Å². The number of alkyl carbamates (subject to hydrolysis) is 1. The predicted molar refractivity (Wildman–Crippen MR) is 168 cm³/mol. The largest absolute Gasteiger partial charge is 0.453 e. The number of ether oxygens (including phenoxy) is 2. The Morgan fingerprint density at radius 1 is 1.12 bits per heavy atom. The summed E-state index contributed by atoms with van der Waals surface area (Å²) in [6, 6.07) is 7.02. The summed E-state index contributed by atoms with van der Waals surface area (Å²) < 4.78 is 10.9. The van der Waals surface area contributed by atoms with Crippen molar-refractivity contribution in [1.82, 2.24) is 20.9 Å². The molecule has 1 heterocycles. The molecule has 244 valence electrons. The standard InChI is InChI=1S/C32H53ClN4O6/c1-22(34-2)14-15-28(38)29(39)27(19-23-9-5-4-6-10-23)36-31(40)37-17-8-12-25(21-37)30(24-11-7-13-26(33)20-24)43-18-16-35-32(41)42-3/h7,11,13,20,22-23,25,27-30,34,38-39H,4-6,8-10,12,14-19,21H2,1-3H3,(H,35,41)(H,36,40)/t22?,25-,27?,28+,29-,30+/m1/s1. The molecule has 3 rings (SSSR count). The van der Waals surface area contributed by atoms with Crippen LogP contribution in [0.3, 0.4) is 0 Å². The second-order valence-corrected chi connectivity index (χ2v) is 12.7. The monoisotopic (exact) mass is 624 g/mol. The molecule has 2 unspecified atom stereocenters. The van der Waals surface area contributed by atoms with Crippen LogP contribution in [0.15, 0.2) is 24.3 Å². The Morgan fingerprint density at radius 2 is 1.88 bits per heavy atom. The minimum Gasteiger partial charge on any atom is -0.453 e. The van der Waals surface area contributed by atoms with Crippen molar-refractivity contribution in [3.63, 3.8) is 0 Å². The minimum absolute atomic E-state index is 0.00596. The van der Waals surface area contributed by atoms with Gasteiger partial charge in [0.2, 0.25) is 0 Å². The van der Waals surface area contributed by atoms with Gasteiger partial charge in [0.25, 0.3) is 0 Å². The van der Waals surface area contributed by atoms with E-state index in [1.807, 2.05) is 38.2 Å². The summed E-state index contributed by atoms with van der Waals surface area (Å²) in [4.78, 5) is 27.0. The molecule has 1 aromatic rings. The zero-order chi connectivity index (χ0) is 31.2. The van der Waals surface area contributed by atoms with Crippen LogP contribution in [0.5, 0.6) is 0 Å². The topological polar surface area (TPSA) is 132 Å². The average molecular weight is 625 g/mol. The number of hydrogen-bond acceptors (Lipinski definition) is 7. The molecule has 43 heavy (non-hydrogen) atoms. The van der Waals surface area contributed by atoms with Gasteiger partial charge in [-0.1, -0.05) is 55.8 Å². The summed E-state index contributed by atoms with van der Waals surface area (Å²) in [7, 11) is 3.20. The lowest BCUT2D eigenvalue weighted by Crippen LogP contribution is -2.55. The van der Waals surface area contributed by atoms with Gasteiger partial charge in [-0.25, -0.2) is 9.59 Å². The van der Waals surface area contributed by atoms with E-state index in [0.717, 1.165) is 50.5 Å². The third-order valence-electron chi connectivity index (χ3n) is 9.02. The maximum Gasteiger partial charge on any atom is 0.406 e. The maximum atomic E-state index is 13.7. The van der Waals surface area contributed by atoms with Crippen LogP contribution in [-0.2, 0) is 9.47 Å². The first-order chi connectivity index (χ1) is 20.7. The first kappa shape index (κ1) is 35.4. The third kappa shape index (κ3) is 11.7. The molecule has 0 radical (unpaired) electrons. The van der Waals surface area contributed by atoms with Crippen LogP contribution in [0, 0.1) is 11.8 Å². The number of urea groups is 1. The number of nitrogens with one attached hydrogen (secondary N) is 3. The predicted octanol–water partition coefficient (Wildman–Crippen LogP) is 4.62. The number of hydrogen-bond donors (Lipinski definition) is 5. The summed E-state index contributed by atoms with van der Waals surface area (Å²) >= 11 is 6.32. The number of carbonyl (C=O) groups is 2. The van der Waals surface area contributed by atoms with Crippen molar-refractivity contribution >= 4 is 23.7 Å². The first-order valence-electron chi connectivity index (χ1n) is 16.0. The Kier molecular flexibility index (Phi) is 15.3. The molecular formula is C32H53ClN4O6. The summed E-state index contributed by atoms with van der Waals surface area (Å²) in [5.74, 6) is 0.428. The molecule has 1 saturated carbocycles. The van der Waals surface area contributed by atoms with Crippen molar-refractivity contribution in [2.45, 2.75) is 102 Å². The summed E-state index contributed by atoms with van der Waals surface area (Å²) in [5, 5.41) is 31.7. The molecule has 5 N–H and O–H groups in total. The highest BCUT2D eigenvalue weighted by Gasteiger charge is 2.35. The lowest BCUT2D eigenvalue weighted by molar-refractivity contribution is -0.0185. The molecule has 1 aliphatic heterocycles. The molecule has 0 spiro atoms. The fourth-order valence-electron chi connectivity index (χ4n) is 6.36. The van der Waals surface area contributed by atoms with Gasteiger partial charge in [-0.15, -0.1) is 0 Å². The SMILES string of the molecule is CNC(C)CC[C@H](O)[C@H](O)C(CC1CCCCC1)NC(=O)N1CCC[C@@H]([C@@H](OCCNC(=O)OC)c2cccc(Cl)c2)C1. The lowest BCUT2D eigenvalue weighted by atomic mass is 9.82. The van der Waals surface area contributed by atoms with Crippen LogP contribution < -0.4 is 16.0 Å². The molecule has 10 nitrogen and oxygen atoms in total. The van der Waals surface area contributed by atoms with Crippen molar-refractivity contribution in [2.75, 3.05) is 40.4 Å². The van der Waals surface area contributed by atoms with Crippen molar-refractivity contribution in [3.05, 3.63) is 34.9 Å². The fourth-order valence-corrected chi connectivity index (χ4v) is 6.56. The molecule has 11 heteroatoms. The van der Waals surface area contributed by atoms with E-state index < -0.39 is 24.3 Å². The molecule has 2 fully saturated rings. The smallest absolute Gasteiger partial charge is 0.406 e. The van der Waals surface area contributed by atoms with Gasteiger partial charge in [0.15, 0.2) is 0 Å². The Labute approximate surface area is 262 Å². The number of amides is 3. The number of nitrogens with zero attached hydrogens (tertiary/aromatic N) is 1. The summed E-state index contributed by atoms with van der Waals surface area (Å²) in [6.45, 7) is 3.68. The van der Waals surface area contributed by atoms with Gasteiger partial charge >= 0.3 is 12.1 Å². The number of carbonyl (C=O) groups excluding carboxylic acids is 2. The number of benzene rings is 1. The van der Waals surface area contributed by atoms with E-state index >= 15 is 0 Å². The molecule has 2 aliphatic rings. The van der Waals surface area contributed by atoms with E-state index in [-0.39, 0.29) is 37.2 Å². The van der Waals surface area contributed by atoms with Gasteiger partial charge in [0.05, 0.1) is 32.0 Å². The molecule has 3 amide bonds. The van der Waals surface area contributed by atoms with Gasteiger partial charge < -0.3 is 40.5 Å². The molecule has 1 aromatic carbocycles. The van der Waals surface area contributed by atoms with Gasteiger partial charge in [0.1, 0.15) is 6.10 Å². The van der Waals surface area contributed by atoms with Crippen molar-refractivity contribution in [2.24, 2.45) is 11.8 Å². The summed E-state index contributed by atoms with van der Waals surface area (Å²) in [6.07, 6.45) is 6.43. The Hall–Kier alpha value is -2.11. The molecule has 0 aromatic heterocycles. The average Bonchev–Trinajstić information content (AvgIpc) is 3.03. The van der Waals surface area contributed by atoms with E-state index in [9.17, 15) is 19.8 Å². The van der Waals surface area contributed by atoms with Crippen LogP contribution in [-0.4, -0.2) is 91.9 Å². The summed E-state index contributed by atoms with van der Waals surface area (Å²) in [5.41, 5.74) is 0.919. The van der Waals surface area contributed by atoms with Crippen LogP contribution in [0.2, 0.25) is 5.02 Å². The van der Waals surface area contributed by atoms with Gasteiger partial charge in [-0.3, -0.25) is 0 Å². The molecular weight excluding hydrogens is 572 g/mol. The number of aliphatic hydroxyl groups excluding tert-OH is 2. The van der Waals surface area contributed by atoms with E-state index in [1.54, 1.807) is 4.90 Å². The van der Waals surface area contributed by atoms with Crippen molar-refractivity contribution in [1.29, 1.82) is 0 Å². The number of likely N-dealkylation sites (tertiary alicyclic amines) is 1. The van der Waals surface area contributed by atoms with Crippen LogP contribution in [0.25, 0.3) is 0 Å². The number of piperidine rings is 1.